The molecule has 0 amide bonds. The van der Waals surface area contributed by atoms with Gasteiger partial charge in [-0.05, 0) is 42.7 Å². The zero-order valence-electron chi connectivity index (χ0n) is 11.1. The lowest BCUT2D eigenvalue weighted by Gasteiger charge is -2.10. The van der Waals surface area contributed by atoms with Gasteiger partial charge in [0, 0.05) is 11.3 Å². The normalized spacial score (nSPS) is 26.8. The summed E-state index contributed by atoms with van der Waals surface area (Å²) in [6.45, 7) is 6.95. The molecule has 0 unspecified atom stereocenters. The van der Waals surface area contributed by atoms with Crippen molar-refractivity contribution < 1.29 is 0 Å². The van der Waals surface area contributed by atoms with Crippen LogP contribution < -0.4 is 0 Å². The van der Waals surface area contributed by atoms with E-state index in [0.29, 0.717) is 5.41 Å². The van der Waals surface area contributed by atoms with Gasteiger partial charge in [-0.25, -0.2) is 4.68 Å². The molecule has 4 rings (SSSR count). The summed E-state index contributed by atoms with van der Waals surface area (Å²) >= 11 is 0. The van der Waals surface area contributed by atoms with Crippen LogP contribution in [0.15, 0.2) is 30.3 Å². The number of hydrogen-bond donors (Lipinski definition) is 0. The molecule has 1 aromatic carbocycles. The van der Waals surface area contributed by atoms with Crippen LogP contribution in [0, 0.1) is 18.3 Å². The van der Waals surface area contributed by atoms with Gasteiger partial charge in [-0.3, -0.25) is 0 Å². The Kier molecular flexibility index (Phi) is 1.76. The smallest absolute Gasteiger partial charge is 0.0649 e. The number of hydrogen-bond acceptors (Lipinski definition) is 1. The van der Waals surface area contributed by atoms with Gasteiger partial charge in [0.2, 0.25) is 0 Å². The average Bonchev–Trinajstić information content (AvgIpc) is 2.74. The van der Waals surface area contributed by atoms with E-state index in [0.717, 1.165) is 11.8 Å². The molecule has 0 N–H and O–H groups in total. The number of fused-ring (bicyclic) bond motifs is 3. The van der Waals surface area contributed by atoms with Crippen molar-refractivity contribution in [3.63, 3.8) is 0 Å². The maximum absolute atomic E-state index is 4.76. The summed E-state index contributed by atoms with van der Waals surface area (Å²) in [5.74, 6) is 1.60. The van der Waals surface area contributed by atoms with Crippen molar-refractivity contribution in [2.45, 2.75) is 33.1 Å². The highest BCUT2D eigenvalue weighted by Gasteiger charge is 2.63. The molecule has 2 heteroatoms. The SMILES string of the molecule is Cc1nn(-c2ccccc2)c2c1[C@H]1[C@@H](C2)C1(C)C. The Hall–Kier alpha value is -1.57. The van der Waals surface area contributed by atoms with Crippen LogP contribution in [0.2, 0.25) is 0 Å². The molecule has 18 heavy (non-hydrogen) atoms. The Morgan fingerprint density at radius 2 is 1.94 bits per heavy atom. The molecular weight excluding hydrogens is 220 g/mol. The van der Waals surface area contributed by atoms with Crippen LogP contribution in [0.5, 0.6) is 0 Å². The summed E-state index contributed by atoms with van der Waals surface area (Å²) in [4.78, 5) is 0. The van der Waals surface area contributed by atoms with E-state index in [1.165, 1.54) is 29.1 Å². The average molecular weight is 238 g/mol. The lowest BCUT2D eigenvalue weighted by atomic mass is 9.98. The molecule has 0 saturated heterocycles. The maximum atomic E-state index is 4.76. The van der Waals surface area contributed by atoms with Crippen LogP contribution in [0.25, 0.3) is 5.69 Å². The Labute approximate surface area is 108 Å². The van der Waals surface area contributed by atoms with Gasteiger partial charge >= 0.3 is 0 Å². The first-order valence-corrected chi connectivity index (χ1v) is 6.74. The maximum Gasteiger partial charge on any atom is 0.0649 e. The predicted molar refractivity (Wildman–Crippen MR) is 72.0 cm³/mol. The fourth-order valence-corrected chi connectivity index (χ4v) is 3.88. The highest BCUT2D eigenvalue weighted by atomic mass is 15.3. The van der Waals surface area contributed by atoms with Crippen LogP contribution in [0.4, 0.5) is 0 Å². The van der Waals surface area contributed by atoms with E-state index < -0.39 is 0 Å². The van der Waals surface area contributed by atoms with Crippen LogP contribution in [0.1, 0.15) is 36.7 Å². The minimum Gasteiger partial charge on any atom is -0.237 e. The second-order valence-corrected chi connectivity index (χ2v) is 6.30. The summed E-state index contributed by atoms with van der Waals surface area (Å²) in [5, 5.41) is 4.76. The number of aryl methyl sites for hydroxylation is 1. The number of para-hydroxylation sites is 1. The van der Waals surface area contributed by atoms with Crippen molar-refractivity contribution in [2.75, 3.05) is 0 Å². The lowest BCUT2D eigenvalue weighted by molar-refractivity contribution is 0.532. The number of nitrogens with zero attached hydrogens (tertiary/aromatic N) is 2. The van der Waals surface area contributed by atoms with E-state index in [4.69, 9.17) is 5.10 Å². The van der Waals surface area contributed by atoms with Gasteiger partial charge in [-0.2, -0.15) is 5.10 Å². The molecule has 0 aliphatic heterocycles. The molecule has 0 spiro atoms. The van der Waals surface area contributed by atoms with E-state index >= 15 is 0 Å². The minimum atomic E-state index is 0.502. The van der Waals surface area contributed by atoms with Crippen molar-refractivity contribution in [1.82, 2.24) is 9.78 Å². The second kappa shape index (κ2) is 3.05. The molecule has 1 heterocycles. The predicted octanol–water partition coefficient (Wildman–Crippen LogP) is 3.48. The van der Waals surface area contributed by atoms with Crippen molar-refractivity contribution in [1.29, 1.82) is 0 Å². The van der Waals surface area contributed by atoms with E-state index in [1.807, 2.05) is 0 Å². The van der Waals surface area contributed by atoms with Gasteiger partial charge in [0.05, 0.1) is 11.4 Å². The fraction of sp³-hybridized carbons (Fsp3) is 0.438. The third-order valence-corrected chi connectivity index (χ3v) is 4.98. The van der Waals surface area contributed by atoms with Crippen molar-refractivity contribution in [3.8, 4) is 5.69 Å². The molecular formula is C16H18N2. The highest BCUT2D eigenvalue weighted by molar-refractivity contribution is 5.48. The summed E-state index contributed by atoms with van der Waals surface area (Å²) in [6.07, 6.45) is 1.20. The lowest BCUT2D eigenvalue weighted by Crippen LogP contribution is -2.05. The minimum absolute atomic E-state index is 0.502. The van der Waals surface area contributed by atoms with Gasteiger partial charge in [0.25, 0.3) is 0 Å². The summed E-state index contributed by atoms with van der Waals surface area (Å²) in [7, 11) is 0. The summed E-state index contributed by atoms with van der Waals surface area (Å²) in [5.41, 5.74) is 5.91. The van der Waals surface area contributed by atoms with Gasteiger partial charge in [0.15, 0.2) is 0 Å². The Balaban J connectivity index is 1.87. The van der Waals surface area contributed by atoms with Crippen LogP contribution >= 0.6 is 0 Å². The molecule has 2 atom stereocenters. The molecule has 1 fully saturated rings. The molecule has 2 aliphatic carbocycles. The zero-order valence-corrected chi connectivity index (χ0v) is 11.1. The number of aromatic nitrogens is 2. The molecule has 0 radical (unpaired) electrons. The molecule has 2 aromatic rings. The van der Waals surface area contributed by atoms with Crippen molar-refractivity contribution >= 4 is 0 Å². The first-order valence-electron chi connectivity index (χ1n) is 6.74. The molecule has 0 bridgehead atoms. The molecule has 1 aromatic heterocycles. The third-order valence-electron chi connectivity index (χ3n) is 4.98. The van der Waals surface area contributed by atoms with Gasteiger partial charge in [0.1, 0.15) is 0 Å². The topological polar surface area (TPSA) is 17.8 Å². The molecule has 1 saturated carbocycles. The molecule has 92 valence electrons. The van der Waals surface area contributed by atoms with E-state index in [1.54, 1.807) is 0 Å². The van der Waals surface area contributed by atoms with Gasteiger partial charge < -0.3 is 0 Å². The monoisotopic (exact) mass is 238 g/mol. The number of rotatable bonds is 1. The van der Waals surface area contributed by atoms with Gasteiger partial charge in [-0.15, -0.1) is 0 Å². The molecule has 2 aliphatic rings. The number of benzene rings is 1. The van der Waals surface area contributed by atoms with Crippen molar-refractivity contribution in [2.24, 2.45) is 11.3 Å². The highest BCUT2D eigenvalue weighted by Crippen LogP contribution is 2.70. The fourth-order valence-electron chi connectivity index (χ4n) is 3.88. The first kappa shape index (κ1) is 10.4. The van der Waals surface area contributed by atoms with E-state index in [-0.39, 0.29) is 0 Å². The largest absolute Gasteiger partial charge is 0.237 e. The van der Waals surface area contributed by atoms with Crippen LogP contribution in [-0.4, -0.2) is 9.78 Å². The van der Waals surface area contributed by atoms with Crippen LogP contribution in [-0.2, 0) is 6.42 Å². The third kappa shape index (κ3) is 1.11. The first-order chi connectivity index (χ1) is 8.60. The van der Waals surface area contributed by atoms with Crippen molar-refractivity contribution in [3.05, 3.63) is 47.3 Å². The standard InChI is InChI=1S/C16H18N2/c1-10-14-13(9-12-15(14)16(12,2)3)18(17-10)11-7-5-4-6-8-11/h4-8,12,15H,9H2,1-3H3/t12-,15-/m1/s1. The van der Waals surface area contributed by atoms with E-state index in [9.17, 15) is 0 Å². The zero-order chi connectivity index (χ0) is 12.5. The van der Waals surface area contributed by atoms with E-state index in [2.05, 4.69) is 55.8 Å². The second-order valence-electron chi connectivity index (χ2n) is 6.30. The molecule has 2 nitrogen and oxygen atoms in total. The quantitative estimate of drug-likeness (QED) is 0.743. The summed E-state index contributed by atoms with van der Waals surface area (Å²) in [6, 6.07) is 10.5. The Morgan fingerprint density at radius 1 is 1.22 bits per heavy atom. The Morgan fingerprint density at radius 3 is 2.67 bits per heavy atom. The van der Waals surface area contributed by atoms with Crippen LogP contribution in [0.3, 0.4) is 0 Å². The summed E-state index contributed by atoms with van der Waals surface area (Å²) < 4.78 is 2.16. The van der Waals surface area contributed by atoms with Gasteiger partial charge in [-0.1, -0.05) is 32.0 Å². The Bertz CT molecular complexity index is 622.